The largest absolute Gasteiger partial charge is 0.326 e. The van der Waals surface area contributed by atoms with E-state index in [9.17, 15) is 9.59 Å². The van der Waals surface area contributed by atoms with Crippen LogP contribution >= 0.6 is 11.9 Å². The van der Waals surface area contributed by atoms with Crippen LogP contribution < -0.4 is 10.0 Å². The molecule has 0 radical (unpaired) electrons. The third kappa shape index (κ3) is 3.31. The lowest BCUT2D eigenvalue weighted by atomic mass is 9.72. The van der Waals surface area contributed by atoms with Gasteiger partial charge in [0.05, 0.1) is 5.41 Å². The summed E-state index contributed by atoms with van der Waals surface area (Å²) in [5.41, 5.74) is 1.34. The molecule has 1 saturated heterocycles. The molecule has 2 N–H and O–H groups in total. The normalized spacial score (nSPS) is 20.5. The van der Waals surface area contributed by atoms with Crippen molar-refractivity contribution in [1.29, 1.82) is 0 Å². The average Bonchev–Trinajstić information content (AvgIpc) is 2.62. The van der Waals surface area contributed by atoms with Crippen molar-refractivity contribution in [2.45, 2.75) is 36.5 Å². The van der Waals surface area contributed by atoms with Gasteiger partial charge in [0.25, 0.3) is 0 Å². The number of carbonyl (C=O) groups excluding carboxylic acids is 2. The summed E-state index contributed by atoms with van der Waals surface area (Å²) in [5.74, 6) is -0.359. The minimum Gasteiger partial charge on any atom is -0.326 e. The summed E-state index contributed by atoms with van der Waals surface area (Å²) in [4.78, 5) is 25.0. The maximum Gasteiger partial charge on any atom is 0.237 e. The fourth-order valence-corrected chi connectivity index (χ4v) is 3.69. The van der Waals surface area contributed by atoms with Crippen molar-refractivity contribution in [2.75, 3.05) is 4.72 Å². The molecule has 24 heavy (non-hydrogen) atoms. The van der Waals surface area contributed by atoms with Gasteiger partial charge in [-0.3, -0.25) is 14.9 Å². The molecule has 0 bridgehead atoms. The topological polar surface area (TPSA) is 58.2 Å². The number of piperidine rings is 1. The van der Waals surface area contributed by atoms with Crippen molar-refractivity contribution in [3.8, 4) is 0 Å². The van der Waals surface area contributed by atoms with Crippen molar-refractivity contribution < 1.29 is 9.59 Å². The molecule has 124 valence electrons. The predicted molar refractivity (Wildman–Crippen MR) is 96.7 cm³/mol. The van der Waals surface area contributed by atoms with Crippen molar-refractivity contribution >= 4 is 29.4 Å². The lowest BCUT2D eigenvalue weighted by molar-refractivity contribution is -0.138. The highest BCUT2D eigenvalue weighted by Crippen LogP contribution is 2.36. The second-order valence-electron chi connectivity index (χ2n) is 5.91. The monoisotopic (exact) mass is 340 g/mol. The van der Waals surface area contributed by atoms with Crippen molar-refractivity contribution in [3.05, 3.63) is 60.2 Å². The Morgan fingerprint density at radius 3 is 2.42 bits per heavy atom. The van der Waals surface area contributed by atoms with Crippen molar-refractivity contribution in [3.63, 3.8) is 0 Å². The summed E-state index contributed by atoms with van der Waals surface area (Å²) < 4.78 is 3.30. The molecular weight excluding hydrogens is 320 g/mol. The smallest absolute Gasteiger partial charge is 0.237 e. The fraction of sp³-hybridized carbons (Fsp3) is 0.263. The molecule has 4 nitrogen and oxygen atoms in total. The highest BCUT2D eigenvalue weighted by atomic mass is 32.2. The molecule has 3 rings (SSSR count). The van der Waals surface area contributed by atoms with E-state index in [-0.39, 0.29) is 11.8 Å². The van der Waals surface area contributed by atoms with Gasteiger partial charge in [-0.05, 0) is 54.6 Å². The minimum atomic E-state index is -0.598. The van der Waals surface area contributed by atoms with Gasteiger partial charge in [0.2, 0.25) is 11.8 Å². The van der Waals surface area contributed by atoms with Crippen LogP contribution in [0.15, 0.2) is 59.5 Å². The lowest BCUT2D eigenvalue weighted by Crippen LogP contribution is -2.51. The van der Waals surface area contributed by atoms with Crippen LogP contribution in [0.25, 0.3) is 0 Å². The molecular formula is C19H20N2O2S. The standard InChI is InChI=1S/C19H20N2O2S/c1-2-19(13-12-17(22)20-18(19)23)14-8-10-15(11-9-14)21-24-16-6-4-3-5-7-16/h3-11,21H,2,12-13H2,1H3,(H,20,22,23)/t19-/m1/s1. The Balaban J connectivity index is 1.73. The second-order valence-corrected chi connectivity index (χ2v) is 6.79. The van der Waals surface area contributed by atoms with Crippen LogP contribution in [0.2, 0.25) is 0 Å². The van der Waals surface area contributed by atoms with E-state index in [1.54, 1.807) is 11.9 Å². The number of amides is 2. The third-order valence-corrected chi connectivity index (χ3v) is 5.38. The van der Waals surface area contributed by atoms with Gasteiger partial charge in [-0.25, -0.2) is 0 Å². The van der Waals surface area contributed by atoms with Gasteiger partial charge in [0.1, 0.15) is 0 Å². The number of rotatable bonds is 5. The van der Waals surface area contributed by atoms with Gasteiger partial charge < -0.3 is 4.72 Å². The Labute approximate surface area is 146 Å². The first-order valence-corrected chi connectivity index (χ1v) is 8.88. The maximum absolute atomic E-state index is 12.4. The van der Waals surface area contributed by atoms with Gasteiger partial charge in [-0.2, -0.15) is 0 Å². The number of imide groups is 1. The maximum atomic E-state index is 12.4. The highest BCUT2D eigenvalue weighted by Gasteiger charge is 2.42. The lowest BCUT2D eigenvalue weighted by Gasteiger charge is -2.35. The molecule has 0 aliphatic carbocycles. The number of nitrogens with one attached hydrogen (secondary N) is 2. The van der Waals surface area contributed by atoms with Crippen LogP contribution in [0.1, 0.15) is 31.7 Å². The molecule has 1 heterocycles. The molecule has 1 aliphatic rings. The molecule has 0 spiro atoms. The van der Waals surface area contributed by atoms with Gasteiger partial charge in [-0.15, -0.1) is 0 Å². The molecule has 2 aromatic carbocycles. The van der Waals surface area contributed by atoms with Crippen LogP contribution in [-0.4, -0.2) is 11.8 Å². The van der Waals surface area contributed by atoms with Crippen LogP contribution in [-0.2, 0) is 15.0 Å². The predicted octanol–water partition coefficient (Wildman–Crippen LogP) is 3.89. The molecule has 2 amide bonds. The highest BCUT2D eigenvalue weighted by molar-refractivity contribution is 8.00. The molecule has 2 aromatic rings. The number of hydrogen-bond acceptors (Lipinski definition) is 4. The van der Waals surface area contributed by atoms with E-state index in [0.717, 1.165) is 16.1 Å². The number of hydrogen-bond donors (Lipinski definition) is 2. The molecule has 1 fully saturated rings. The van der Waals surface area contributed by atoms with Crippen molar-refractivity contribution in [1.82, 2.24) is 5.32 Å². The summed E-state index contributed by atoms with van der Waals surface area (Å²) in [6.45, 7) is 1.99. The van der Waals surface area contributed by atoms with E-state index in [0.29, 0.717) is 19.3 Å². The Hall–Kier alpha value is -2.27. The fourth-order valence-electron chi connectivity index (χ4n) is 3.03. The van der Waals surface area contributed by atoms with Crippen LogP contribution in [0.3, 0.4) is 0 Å². The first kappa shape index (κ1) is 16.6. The Bertz CT molecular complexity index is 731. The number of carbonyl (C=O) groups is 2. The molecule has 5 heteroatoms. The number of anilines is 1. The zero-order valence-electron chi connectivity index (χ0n) is 13.5. The number of benzene rings is 2. The first-order valence-electron chi connectivity index (χ1n) is 8.07. The van der Waals surface area contributed by atoms with E-state index in [1.165, 1.54) is 0 Å². The van der Waals surface area contributed by atoms with Crippen LogP contribution in [0.5, 0.6) is 0 Å². The average molecular weight is 340 g/mol. The van der Waals surface area contributed by atoms with Crippen LogP contribution in [0, 0.1) is 0 Å². The van der Waals surface area contributed by atoms with E-state index in [1.807, 2.05) is 61.5 Å². The quantitative estimate of drug-likeness (QED) is 0.640. The van der Waals surface area contributed by atoms with Gasteiger partial charge >= 0.3 is 0 Å². The Kier molecular flexibility index (Phi) is 4.90. The Morgan fingerprint density at radius 2 is 1.79 bits per heavy atom. The third-order valence-electron chi connectivity index (χ3n) is 4.54. The minimum absolute atomic E-state index is 0.179. The summed E-state index contributed by atoms with van der Waals surface area (Å²) in [7, 11) is 0. The van der Waals surface area contributed by atoms with Crippen LogP contribution in [0.4, 0.5) is 5.69 Å². The van der Waals surface area contributed by atoms with E-state index in [4.69, 9.17) is 0 Å². The molecule has 1 aliphatic heterocycles. The molecule has 0 unspecified atom stereocenters. The van der Waals surface area contributed by atoms with E-state index >= 15 is 0 Å². The SMILES string of the molecule is CC[C@]1(c2ccc(NSc3ccccc3)cc2)CCC(=O)NC1=O. The molecule has 0 saturated carbocycles. The first-order chi connectivity index (χ1) is 11.6. The van der Waals surface area contributed by atoms with Gasteiger partial charge in [0.15, 0.2) is 0 Å². The summed E-state index contributed by atoms with van der Waals surface area (Å²) in [6.07, 6.45) is 1.64. The van der Waals surface area contributed by atoms with Gasteiger partial charge in [0, 0.05) is 17.0 Å². The van der Waals surface area contributed by atoms with E-state index in [2.05, 4.69) is 10.0 Å². The second kappa shape index (κ2) is 7.09. The zero-order chi connectivity index (χ0) is 17.0. The summed E-state index contributed by atoms with van der Waals surface area (Å²) >= 11 is 1.55. The summed E-state index contributed by atoms with van der Waals surface area (Å²) in [6, 6.07) is 18.0. The molecule has 0 aromatic heterocycles. The van der Waals surface area contributed by atoms with Gasteiger partial charge in [-0.1, -0.05) is 37.3 Å². The Morgan fingerprint density at radius 1 is 1.08 bits per heavy atom. The van der Waals surface area contributed by atoms with Crippen molar-refractivity contribution in [2.24, 2.45) is 0 Å². The summed E-state index contributed by atoms with van der Waals surface area (Å²) in [5, 5.41) is 2.48. The molecule has 1 atom stereocenters. The zero-order valence-corrected chi connectivity index (χ0v) is 14.4. The van der Waals surface area contributed by atoms with E-state index < -0.39 is 5.41 Å².